The predicted octanol–water partition coefficient (Wildman–Crippen LogP) is 3.21. The summed E-state index contributed by atoms with van der Waals surface area (Å²) in [5.74, 6) is -1.39. The Hall–Kier alpha value is -1.76. The van der Waals surface area contributed by atoms with Crippen molar-refractivity contribution in [1.29, 1.82) is 0 Å². The lowest BCUT2D eigenvalue weighted by atomic mass is 9.85. The summed E-state index contributed by atoms with van der Waals surface area (Å²) in [5, 5.41) is 4.40. The number of benzene rings is 1. The number of carbonyl (C=O) groups excluding carboxylic acids is 2. The smallest absolute Gasteiger partial charge is 0.348 e. The molecule has 0 aliphatic heterocycles. The van der Waals surface area contributed by atoms with Crippen molar-refractivity contribution in [2.75, 3.05) is 11.9 Å². The highest BCUT2D eigenvalue weighted by molar-refractivity contribution is 6.41. The minimum atomic E-state index is -4.52. The van der Waals surface area contributed by atoms with Crippen LogP contribution in [0.4, 0.5) is 18.9 Å². The molecule has 0 atom stereocenters. The molecule has 0 heterocycles. The molecule has 22 heavy (non-hydrogen) atoms. The largest absolute Gasteiger partial charge is 0.416 e. The molecular weight excluding hydrogens is 321 g/mol. The van der Waals surface area contributed by atoms with Crippen LogP contribution in [0, 0.1) is 5.92 Å². The predicted molar refractivity (Wildman–Crippen MR) is 75.4 cm³/mol. The molecule has 1 aromatic carbocycles. The van der Waals surface area contributed by atoms with Crippen molar-refractivity contribution in [3.8, 4) is 0 Å². The van der Waals surface area contributed by atoms with E-state index in [0.717, 1.165) is 31.4 Å². The van der Waals surface area contributed by atoms with Gasteiger partial charge in [-0.2, -0.15) is 13.2 Å². The summed E-state index contributed by atoms with van der Waals surface area (Å²) in [5.41, 5.74) is -0.969. The number of carbonyl (C=O) groups is 2. The van der Waals surface area contributed by atoms with E-state index in [4.69, 9.17) is 11.6 Å². The monoisotopic (exact) mass is 334 g/mol. The zero-order valence-electron chi connectivity index (χ0n) is 11.5. The standard InChI is InChI=1S/C14H14ClF3N2O2/c15-10-6-9(14(16,17)18)4-5-11(10)20-13(22)12(21)19-7-8-2-1-3-8/h4-6,8H,1-3,7H2,(H,19,21)(H,20,22). The van der Waals surface area contributed by atoms with Gasteiger partial charge in [0, 0.05) is 6.54 Å². The van der Waals surface area contributed by atoms with Gasteiger partial charge in [-0.15, -0.1) is 0 Å². The van der Waals surface area contributed by atoms with Crippen LogP contribution in [0.2, 0.25) is 5.02 Å². The molecule has 0 bridgehead atoms. The minimum absolute atomic E-state index is 0.0431. The lowest BCUT2D eigenvalue weighted by Crippen LogP contribution is -2.39. The van der Waals surface area contributed by atoms with Gasteiger partial charge < -0.3 is 10.6 Å². The molecule has 0 spiro atoms. The SMILES string of the molecule is O=C(NCC1CCC1)C(=O)Nc1ccc(C(F)(F)F)cc1Cl. The fourth-order valence-corrected chi connectivity index (χ4v) is 2.21. The molecule has 2 amide bonds. The molecule has 1 aliphatic carbocycles. The van der Waals surface area contributed by atoms with Crippen LogP contribution in [-0.2, 0) is 15.8 Å². The molecule has 2 rings (SSSR count). The Kier molecular flexibility index (Phi) is 4.95. The highest BCUT2D eigenvalue weighted by atomic mass is 35.5. The molecule has 0 saturated heterocycles. The van der Waals surface area contributed by atoms with Gasteiger partial charge in [0.05, 0.1) is 16.3 Å². The highest BCUT2D eigenvalue weighted by Crippen LogP contribution is 2.33. The van der Waals surface area contributed by atoms with Crippen LogP contribution in [0.15, 0.2) is 18.2 Å². The normalized spacial score (nSPS) is 15.1. The molecule has 0 aromatic heterocycles. The van der Waals surface area contributed by atoms with Crippen molar-refractivity contribution >= 4 is 29.1 Å². The van der Waals surface area contributed by atoms with Gasteiger partial charge in [-0.25, -0.2) is 0 Å². The molecule has 0 radical (unpaired) electrons. The Labute approximate surface area is 130 Å². The number of amides is 2. The Morgan fingerprint density at radius 2 is 1.91 bits per heavy atom. The van der Waals surface area contributed by atoms with Crippen LogP contribution >= 0.6 is 11.6 Å². The molecule has 1 saturated carbocycles. The van der Waals surface area contributed by atoms with E-state index in [0.29, 0.717) is 18.5 Å². The molecule has 8 heteroatoms. The lowest BCUT2D eigenvalue weighted by molar-refractivity contribution is -0.137. The topological polar surface area (TPSA) is 58.2 Å². The fraction of sp³-hybridized carbons (Fsp3) is 0.429. The molecule has 0 unspecified atom stereocenters. The molecule has 4 nitrogen and oxygen atoms in total. The summed E-state index contributed by atoms with van der Waals surface area (Å²) in [7, 11) is 0. The fourth-order valence-electron chi connectivity index (χ4n) is 1.99. The van der Waals surface area contributed by atoms with Crippen LogP contribution in [0.25, 0.3) is 0 Å². The average molecular weight is 335 g/mol. The van der Waals surface area contributed by atoms with Crippen molar-refractivity contribution in [3.05, 3.63) is 28.8 Å². The van der Waals surface area contributed by atoms with Crippen LogP contribution in [0.1, 0.15) is 24.8 Å². The van der Waals surface area contributed by atoms with E-state index in [1.165, 1.54) is 0 Å². The van der Waals surface area contributed by atoms with E-state index in [1.807, 2.05) is 0 Å². The minimum Gasteiger partial charge on any atom is -0.348 e. The number of alkyl halides is 3. The van der Waals surface area contributed by atoms with E-state index in [-0.39, 0.29) is 10.7 Å². The third-order valence-corrected chi connectivity index (χ3v) is 3.84. The summed E-state index contributed by atoms with van der Waals surface area (Å²) in [6, 6.07) is 2.50. The van der Waals surface area contributed by atoms with E-state index in [9.17, 15) is 22.8 Å². The van der Waals surface area contributed by atoms with Crippen molar-refractivity contribution < 1.29 is 22.8 Å². The second-order valence-electron chi connectivity index (χ2n) is 5.15. The van der Waals surface area contributed by atoms with Crippen LogP contribution in [0.5, 0.6) is 0 Å². The van der Waals surface area contributed by atoms with Crippen molar-refractivity contribution in [1.82, 2.24) is 5.32 Å². The first-order valence-corrected chi connectivity index (χ1v) is 7.11. The van der Waals surface area contributed by atoms with Crippen LogP contribution in [-0.4, -0.2) is 18.4 Å². The number of rotatable bonds is 3. The summed E-state index contributed by atoms with van der Waals surface area (Å²) in [6.45, 7) is 0.424. The van der Waals surface area contributed by atoms with Crippen molar-refractivity contribution in [2.24, 2.45) is 5.92 Å². The number of hydrogen-bond acceptors (Lipinski definition) is 2. The van der Waals surface area contributed by atoms with Gasteiger partial charge >= 0.3 is 18.0 Å². The van der Waals surface area contributed by atoms with Gasteiger partial charge in [-0.1, -0.05) is 18.0 Å². The summed E-state index contributed by atoms with van der Waals surface area (Å²) < 4.78 is 37.5. The maximum Gasteiger partial charge on any atom is 0.416 e. The maximum atomic E-state index is 12.5. The van der Waals surface area contributed by atoms with Crippen LogP contribution < -0.4 is 10.6 Å². The summed E-state index contributed by atoms with van der Waals surface area (Å²) in [6.07, 6.45) is -1.36. The van der Waals surface area contributed by atoms with E-state index >= 15 is 0 Å². The van der Waals surface area contributed by atoms with E-state index in [1.54, 1.807) is 0 Å². The van der Waals surface area contributed by atoms with Gasteiger partial charge in [0.15, 0.2) is 0 Å². The van der Waals surface area contributed by atoms with E-state index in [2.05, 4.69) is 10.6 Å². The Balaban J connectivity index is 1.94. The maximum absolute atomic E-state index is 12.5. The van der Waals surface area contributed by atoms with Gasteiger partial charge in [0.2, 0.25) is 0 Å². The average Bonchev–Trinajstić information content (AvgIpc) is 2.37. The quantitative estimate of drug-likeness (QED) is 0.834. The summed E-state index contributed by atoms with van der Waals surface area (Å²) >= 11 is 5.70. The molecule has 2 N–H and O–H groups in total. The molecule has 120 valence electrons. The number of anilines is 1. The van der Waals surface area contributed by atoms with Crippen molar-refractivity contribution in [3.63, 3.8) is 0 Å². The summed E-state index contributed by atoms with van der Waals surface area (Å²) in [4.78, 5) is 23.2. The van der Waals surface area contributed by atoms with Gasteiger partial charge in [-0.3, -0.25) is 9.59 Å². The van der Waals surface area contributed by atoms with Gasteiger partial charge in [0.1, 0.15) is 0 Å². The number of halogens is 4. The van der Waals surface area contributed by atoms with Gasteiger partial charge in [-0.05, 0) is 37.0 Å². The van der Waals surface area contributed by atoms with Crippen LogP contribution in [0.3, 0.4) is 0 Å². The molecule has 1 aliphatic rings. The lowest BCUT2D eigenvalue weighted by Gasteiger charge is -2.25. The zero-order chi connectivity index (χ0) is 16.3. The second-order valence-corrected chi connectivity index (χ2v) is 5.56. The third-order valence-electron chi connectivity index (χ3n) is 3.53. The highest BCUT2D eigenvalue weighted by Gasteiger charge is 2.31. The Morgan fingerprint density at radius 1 is 1.23 bits per heavy atom. The molecule has 1 aromatic rings. The molecular formula is C14H14ClF3N2O2. The first kappa shape index (κ1) is 16.6. The first-order chi connectivity index (χ1) is 10.3. The second kappa shape index (κ2) is 6.56. The zero-order valence-corrected chi connectivity index (χ0v) is 12.2. The number of nitrogens with one attached hydrogen (secondary N) is 2. The van der Waals surface area contributed by atoms with E-state index < -0.39 is 23.6 Å². The van der Waals surface area contributed by atoms with Gasteiger partial charge in [0.25, 0.3) is 0 Å². The van der Waals surface area contributed by atoms with Crippen molar-refractivity contribution in [2.45, 2.75) is 25.4 Å². The number of hydrogen-bond donors (Lipinski definition) is 2. The third kappa shape index (κ3) is 4.13. The Bertz CT molecular complexity index is 586. The first-order valence-electron chi connectivity index (χ1n) is 6.73. The Morgan fingerprint density at radius 3 is 2.41 bits per heavy atom. The molecule has 1 fully saturated rings.